The van der Waals surface area contributed by atoms with Crippen LogP contribution in [0.25, 0.3) is 0 Å². The van der Waals surface area contributed by atoms with Gasteiger partial charge in [0.2, 0.25) is 0 Å². The zero-order chi connectivity index (χ0) is 14.9. The predicted octanol–water partition coefficient (Wildman–Crippen LogP) is 3.93. The highest BCUT2D eigenvalue weighted by molar-refractivity contribution is 7.08. The normalized spacial score (nSPS) is 17.7. The topological polar surface area (TPSA) is 59.0 Å². The minimum absolute atomic E-state index is 0.248. The van der Waals surface area contributed by atoms with Crippen LogP contribution in [0.5, 0.6) is 0 Å². The summed E-state index contributed by atoms with van der Waals surface area (Å²) in [7, 11) is 0. The van der Waals surface area contributed by atoms with E-state index >= 15 is 0 Å². The first-order chi connectivity index (χ1) is 10.8. The summed E-state index contributed by atoms with van der Waals surface area (Å²) in [5.41, 5.74) is 1.92. The number of carbonyl (C=O) groups excluding carboxylic acids is 1. The van der Waals surface area contributed by atoms with Crippen molar-refractivity contribution in [3.05, 3.63) is 70.7 Å². The fourth-order valence-corrected chi connectivity index (χ4v) is 3.18. The van der Waals surface area contributed by atoms with Crippen molar-refractivity contribution in [1.29, 1.82) is 0 Å². The molecule has 0 N–H and O–H groups in total. The molecule has 0 saturated heterocycles. The van der Waals surface area contributed by atoms with Crippen LogP contribution in [0.2, 0.25) is 0 Å². The van der Waals surface area contributed by atoms with E-state index in [2.05, 4.69) is 5.10 Å². The van der Waals surface area contributed by atoms with Gasteiger partial charge in [-0.05, 0) is 41.1 Å². The molecule has 0 aliphatic carbocycles. The van der Waals surface area contributed by atoms with Gasteiger partial charge in [0, 0.05) is 12.0 Å². The predicted molar refractivity (Wildman–Crippen MR) is 81.8 cm³/mol. The summed E-state index contributed by atoms with van der Waals surface area (Å²) >= 11 is 1.61. The Balaban J connectivity index is 1.71. The van der Waals surface area contributed by atoms with Crippen molar-refractivity contribution in [3.8, 4) is 0 Å². The monoisotopic (exact) mass is 312 g/mol. The van der Waals surface area contributed by atoms with Crippen molar-refractivity contribution in [2.75, 3.05) is 0 Å². The number of furan rings is 2. The maximum absolute atomic E-state index is 12.6. The van der Waals surface area contributed by atoms with Crippen LogP contribution < -0.4 is 0 Å². The molecule has 0 spiro atoms. The second kappa shape index (κ2) is 5.31. The smallest absolute Gasteiger partial charge is 0.310 e. The SMILES string of the molecule is O=C(c1ccco1)N1N=C(c2ccsc2)C[C@@H]1c1ccco1. The van der Waals surface area contributed by atoms with Gasteiger partial charge in [0.1, 0.15) is 11.8 Å². The van der Waals surface area contributed by atoms with E-state index in [1.165, 1.54) is 11.3 Å². The van der Waals surface area contributed by atoms with Crippen molar-refractivity contribution >= 4 is 23.0 Å². The number of nitrogens with zero attached hydrogens (tertiary/aromatic N) is 2. The third-order valence-corrected chi connectivity index (χ3v) is 4.26. The number of thiophene rings is 1. The lowest BCUT2D eigenvalue weighted by Gasteiger charge is -2.18. The van der Waals surface area contributed by atoms with E-state index in [4.69, 9.17) is 8.83 Å². The Morgan fingerprint density at radius 3 is 2.77 bits per heavy atom. The average Bonchev–Trinajstić information content (AvgIpc) is 3.35. The highest BCUT2D eigenvalue weighted by Gasteiger charge is 2.36. The lowest BCUT2D eigenvalue weighted by Crippen LogP contribution is -2.26. The van der Waals surface area contributed by atoms with Crippen LogP contribution >= 0.6 is 11.3 Å². The van der Waals surface area contributed by atoms with Gasteiger partial charge >= 0.3 is 5.91 Å². The van der Waals surface area contributed by atoms with Crippen LogP contribution in [0, 0.1) is 0 Å². The van der Waals surface area contributed by atoms with Crippen LogP contribution in [-0.2, 0) is 0 Å². The summed E-state index contributed by atoms with van der Waals surface area (Å²) in [6.45, 7) is 0. The molecule has 1 aliphatic heterocycles. The van der Waals surface area contributed by atoms with Crippen molar-refractivity contribution in [2.24, 2.45) is 5.10 Å². The zero-order valence-electron chi connectivity index (χ0n) is 11.5. The van der Waals surface area contributed by atoms with Crippen LogP contribution in [-0.4, -0.2) is 16.6 Å². The molecule has 0 aromatic carbocycles. The fourth-order valence-electron chi connectivity index (χ4n) is 2.52. The van der Waals surface area contributed by atoms with Crippen molar-refractivity contribution in [2.45, 2.75) is 12.5 Å². The van der Waals surface area contributed by atoms with Gasteiger partial charge in [-0.2, -0.15) is 16.4 Å². The quantitative estimate of drug-likeness (QED) is 0.736. The van der Waals surface area contributed by atoms with Crippen molar-refractivity contribution < 1.29 is 13.6 Å². The first kappa shape index (κ1) is 13.1. The second-order valence-electron chi connectivity index (χ2n) is 4.92. The summed E-state index contributed by atoms with van der Waals surface area (Å²) in [5.74, 6) is 0.720. The fraction of sp³-hybridized carbons (Fsp3) is 0.125. The average molecular weight is 312 g/mol. The highest BCUT2D eigenvalue weighted by atomic mass is 32.1. The van der Waals surface area contributed by atoms with Gasteiger partial charge in [-0.25, -0.2) is 5.01 Å². The minimum atomic E-state index is -0.267. The second-order valence-corrected chi connectivity index (χ2v) is 5.70. The van der Waals surface area contributed by atoms with E-state index in [9.17, 15) is 4.79 Å². The molecule has 0 unspecified atom stereocenters. The minimum Gasteiger partial charge on any atom is -0.467 e. The van der Waals surface area contributed by atoms with Gasteiger partial charge in [-0.1, -0.05) is 0 Å². The molecule has 4 heterocycles. The molecule has 22 heavy (non-hydrogen) atoms. The largest absolute Gasteiger partial charge is 0.467 e. The van der Waals surface area contributed by atoms with Gasteiger partial charge in [0.15, 0.2) is 5.76 Å². The Hall–Kier alpha value is -2.60. The molecule has 0 bridgehead atoms. The van der Waals surface area contributed by atoms with Crippen molar-refractivity contribution in [1.82, 2.24) is 5.01 Å². The summed E-state index contributed by atoms with van der Waals surface area (Å²) in [4.78, 5) is 12.6. The third kappa shape index (κ3) is 2.17. The molecule has 1 amide bonds. The highest BCUT2D eigenvalue weighted by Crippen LogP contribution is 2.34. The maximum atomic E-state index is 12.6. The number of hydrazone groups is 1. The van der Waals surface area contributed by atoms with Gasteiger partial charge in [-0.15, -0.1) is 0 Å². The molecule has 0 fully saturated rings. The van der Waals surface area contributed by atoms with Gasteiger partial charge in [0.25, 0.3) is 0 Å². The number of rotatable bonds is 3. The number of hydrogen-bond acceptors (Lipinski definition) is 5. The van der Waals surface area contributed by atoms with E-state index in [0.29, 0.717) is 12.2 Å². The molecule has 4 rings (SSSR count). The molecule has 0 saturated carbocycles. The van der Waals surface area contributed by atoms with Gasteiger partial charge in [0.05, 0.1) is 18.2 Å². The summed E-state index contributed by atoms with van der Waals surface area (Å²) in [5, 5.41) is 9.98. The Morgan fingerprint density at radius 2 is 2.09 bits per heavy atom. The summed E-state index contributed by atoms with van der Waals surface area (Å²) in [6, 6.07) is 8.76. The molecule has 0 radical (unpaired) electrons. The Morgan fingerprint density at radius 1 is 1.23 bits per heavy atom. The third-order valence-electron chi connectivity index (χ3n) is 3.58. The Labute approximate surface area is 130 Å². The number of carbonyl (C=O) groups is 1. The van der Waals surface area contributed by atoms with Crippen LogP contribution in [0.1, 0.15) is 34.3 Å². The van der Waals surface area contributed by atoms with E-state index < -0.39 is 0 Å². The first-order valence-electron chi connectivity index (χ1n) is 6.83. The Kier molecular flexibility index (Phi) is 3.16. The van der Waals surface area contributed by atoms with Crippen LogP contribution in [0.3, 0.4) is 0 Å². The standard InChI is InChI=1S/C16H12N2O3S/c19-16(15-4-2-7-21-15)18-13(14-3-1-6-20-14)9-12(17-18)11-5-8-22-10-11/h1-8,10,13H,9H2/t13-/m1/s1. The van der Waals surface area contributed by atoms with Crippen LogP contribution in [0.15, 0.2) is 67.6 Å². The molecule has 3 aromatic rings. The van der Waals surface area contributed by atoms with Crippen LogP contribution in [0.4, 0.5) is 0 Å². The molecule has 3 aromatic heterocycles. The van der Waals surface area contributed by atoms with Gasteiger partial charge in [-0.3, -0.25) is 4.79 Å². The summed E-state index contributed by atoms with van der Waals surface area (Å²) in [6.07, 6.45) is 3.71. The molecule has 110 valence electrons. The van der Waals surface area contributed by atoms with E-state index in [-0.39, 0.29) is 17.7 Å². The molecule has 1 aliphatic rings. The molecule has 5 nitrogen and oxygen atoms in total. The molecule has 1 atom stereocenters. The first-order valence-corrected chi connectivity index (χ1v) is 7.78. The van der Waals surface area contributed by atoms with E-state index in [0.717, 1.165) is 11.3 Å². The lowest BCUT2D eigenvalue weighted by molar-refractivity contribution is 0.0660. The van der Waals surface area contributed by atoms with Crippen molar-refractivity contribution in [3.63, 3.8) is 0 Å². The Bertz CT molecular complexity index is 789. The van der Waals surface area contributed by atoms with Gasteiger partial charge < -0.3 is 8.83 Å². The summed E-state index contributed by atoms with van der Waals surface area (Å²) < 4.78 is 10.7. The van der Waals surface area contributed by atoms with E-state index in [1.54, 1.807) is 29.7 Å². The number of hydrogen-bond donors (Lipinski definition) is 0. The number of amides is 1. The zero-order valence-corrected chi connectivity index (χ0v) is 12.3. The van der Waals surface area contributed by atoms with E-state index in [1.807, 2.05) is 29.0 Å². The maximum Gasteiger partial charge on any atom is 0.310 e. The molecular weight excluding hydrogens is 300 g/mol. The molecular formula is C16H12N2O3S. The molecule has 6 heteroatoms. The lowest BCUT2D eigenvalue weighted by atomic mass is 10.0.